The molecule has 4 aliphatic heterocycles. The summed E-state index contributed by atoms with van der Waals surface area (Å²) in [7, 11) is 0. The van der Waals surface area contributed by atoms with Gasteiger partial charge in [0, 0.05) is 25.6 Å². The molecule has 62 heavy (non-hydrogen) atoms. The number of epoxide rings is 2. The molecule has 9 atom stereocenters. The second-order valence-corrected chi connectivity index (χ2v) is 19.3. The molecule has 4 fully saturated rings. The number of alkyl carbamates (subject to hydrolysis) is 2. The number of ether oxygens (including phenoxy) is 6. The zero-order valence-electron chi connectivity index (χ0n) is 38.1. The van der Waals surface area contributed by atoms with Gasteiger partial charge in [-0.05, 0) is 121 Å². The van der Waals surface area contributed by atoms with Crippen molar-refractivity contribution in [3.8, 4) is 0 Å². The second kappa shape index (κ2) is 24.2. The molecule has 14 heteroatoms. The van der Waals surface area contributed by atoms with E-state index in [0.717, 1.165) is 153 Å². The van der Waals surface area contributed by atoms with Crippen molar-refractivity contribution in [3.05, 3.63) is 23.3 Å². The molecule has 2 amide bonds. The molecule has 4 N–H and O–H groups in total. The third-order valence-electron chi connectivity index (χ3n) is 14.2. The van der Waals surface area contributed by atoms with E-state index in [1.165, 1.54) is 0 Å². The first-order valence-corrected chi connectivity index (χ1v) is 24.4. The van der Waals surface area contributed by atoms with Gasteiger partial charge in [0.2, 0.25) is 0 Å². The van der Waals surface area contributed by atoms with E-state index in [-0.39, 0.29) is 85.1 Å². The summed E-state index contributed by atoms with van der Waals surface area (Å²) in [6.45, 7) is 10.3. The van der Waals surface area contributed by atoms with E-state index < -0.39 is 12.2 Å². The maximum Gasteiger partial charge on any atom is 0.407 e. The van der Waals surface area contributed by atoms with Crippen molar-refractivity contribution in [1.29, 1.82) is 0 Å². The van der Waals surface area contributed by atoms with Gasteiger partial charge in [0.1, 0.15) is 37.6 Å². The monoisotopic (exact) mass is 871 g/mol. The largest absolute Gasteiger partial charge is 0.459 e. The number of allylic oxidation sites excluding steroid dienone is 2. The second-order valence-electron chi connectivity index (χ2n) is 19.3. The number of cyclic esters (lactones) is 2. The summed E-state index contributed by atoms with van der Waals surface area (Å²) >= 11 is 0. The third kappa shape index (κ3) is 14.9. The van der Waals surface area contributed by atoms with Crippen LogP contribution in [0.4, 0.5) is 9.59 Å². The van der Waals surface area contributed by atoms with E-state index in [1.54, 1.807) is 0 Å². The SMILES string of the molecule is C[C@@H]1CC/C2=C\CC[C@@]3(C)O[C@H]3C1OC(=O)CNCCCCCCCCNC[C@@H]1C(=O)O[C@H]3C1CC/C(=C\CC[C@@]1(C)OC31)COC(=O)NCCCCCCCCNC(=O)OC2. The molecular weight excluding hydrogens is 793 g/mol. The number of hydrogen-bond acceptors (Lipinski definition) is 12. The molecule has 0 radical (unpaired) electrons. The van der Waals surface area contributed by atoms with Gasteiger partial charge in [-0.25, -0.2) is 9.59 Å². The average Bonchev–Trinajstić information content (AvgIpc) is 4.09. The molecule has 0 spiro atoms. The number of fused-ring (bicyclic) bond motifs is 10. The molecule has 0 saturated carbocycles. The topological polar surface area (TPSA) is 178 Å². The van der Waals surface area contributed by atoms with Gasteiger partial charge < -0.3 is 49.7 Å². The lowest BCUT2D eigenvalue weighted by atomic mass is 9.80. The Balaban J connectivity index is 0.966. The highest BCUT2D eigenvalue weighted by Crippen LogP contribution is 2.50. The van der Waals surface area contributed by atoms with Gasteiger partial charge >= 0.3 is 24.1 Å². The van der Waals surface area contributed by atoms with Crippen molar-refractivity contribution in [2.75, 3.05) is 52.5 Å². The molecule has 0 aromatic heterocycles. The van der Waals surface area contributed by atoms with Gasteiger partial charge in [-0.2, -0.15) is 0 Å². The van der Waals surface area contributed by atoms with Crippen molar-refractivity contribution >= 4 is 24.1 Å². The minimum Gasteiger partial charge on any atom is -0.459 e. The standard InChI is InChI=1S/C48H78N4O10/c1-34-20-21-35-18-16-24-47(2)42(61-47)40(34)59-39(53)31-50-27-13-9-5-4-8-12-26-49-30-38-37-23-22-36(19-17-25-48(3)43(62-48)41(37)60-44(38)54)33-58-46(56)52-29-15-11-7-6-10-14-28-51-45(55)57-32-35/h18-19,34,37-38,40-43,49-50H,4-17,20-33H2,1-3H3,(H,51,55)(H,52,56)/b35-18+,36-19+/t34-,37?,38+,40?,41+,42+,43?,47-,48-/m1/s1. The number of hydrogen-bond donors (Lipinski definition) is 4. The van der Waals surface area contributed by atoms with E-state index in [4.69, 9.17) is 28.4 Å². The molecule has 4 bridgehead atoms. The van der Waals surface area contributed by atoms with Crippen LogP contribution in [0.5, 0.6) is 0 Å². The Hall–Kier alpha value is -3.20. The van der Waals surface area contributed by atoms with Gasteiger partial charge in [0.05, 0.1) is 23.7 Å². The fourth-order valence-electron chi connectivity index (χ4n) is 9.95. The maximum atomic E-state index is 13.2. The highest BCUT2D eigenvalue weighted by atomic mass is 16.7. The van der Waals surface area contributed by atoms with Crippen LogP contribution in [0.2, 0.25) is 0 Å². The Morgan fingerprint density at radius 2 is 1.10 bits per heavy atom. The normalized spacial score (nSPS) is 38.3. The summed E-state index contributed by atoms with van der Waals surface area (Å²) < 4.78 is 35.8. The zero-order chi connectivity index (χ0) is 43.8. The predicted molar refractivity (Wildman–Crippen MR) is 235 cm³/mol. The summed E-state index contributed by atoms with van der Waals surface area (Å²) in [5.74, 6) is -0.471. The van der Waals surface area contributed by atoms with Gasteiger partial charge in [0.15, 0.2) is 0 Å². The first kappa shape index (κ1) is 48.3. The van der Waals surface area contributed by atoms with Crippen LogP contribution in [0.25, 0.3) is 0 Å². The fourth-order valence-corrected chi connectivity index (χ4v) is 9.95. The lowest BCUT2D eigenvalue weighted by molar-refractivity contribution is -0.152. The zero-order valence-corrected chi connectivity index (χ0v) is 38.1. The van der Waals surface area contributed by atoms with E-state index in [1.807, 2.05) is 0 Å². The molecular formula is C48H78N4O10. The summed E-state index contributed by atoms with van der Waals surface area (Å²) in [5, 5.41) is 12.7. The third-order valence-corrected chi connectivity index (χ3v) is 14.2. The Kier molecular flexibility index (Phi) is 18.8. The Labute approximate surface area is 370 Å². The molecule has 350 valence electrons. The minimum absolute atomic E-state index is 0.0405. The van der Waals surface area contributed by atoms with Gasteiger partial charge in [-0.3, -0.25) is 9.59 Å². The van der Waals surface area contributed by atoms with Gasteiger partial charge in [-0.1, -0.05) is 70.4 Å². The average molecular weight is 871 g/mol. The lowest BCUT2D eigenvalue weighted by Gasteiger charge is -2.25. The molecule has 14 nitrogen and oxygen atoms in total. The molecule has 0 aromatic rings. The van der Waals surface area contributed by atoms with Crippen molar-refractivity contribution in [2.24, 2.45) is 17.8 Å². The molecule has 6 rings (SSSR count). The summed E-state index contributed by atoms with van der Waals surface area (Å²) in [5.41, 5.74) is 1.54. The van der Waals surface area contributed by atoms with Crippen LogP contribution < -0.4 is 21.3 Å². The first-order chi connectivity index (χ1) is 30.0. The molecule has 4 heterocycles. The van der Waals surface area contributed by atoms with Crippen LogP contribution in [0.3, 0.4) is 0 Å². The number of nitrogens with one attached hydrogen (secondary N) is 4. The molecule has 4 saturated heterocycles. The summed E-state index contributed by atoms with van der Waals surface area (Å²) in [4.78, 5) is 51.4. The quantitative estimate of drug-likeness (QED) is 0.0826. The fraction of sp³-hybridized carbons (Fsp3) is 0.833. The first-order valence-electron chi connectivity index (χ1n) is 24.4. The summed E-state index contributed by atoms with van der Waals surface area (Å²) in [6.07, 6.45) is 21.6. The Bertz CT molecular complexity index is 1540. The Morgan fingerprint density at radius 3 is 1.68 bits per heavy atom. The van der Waals surface area contributed by atoms with Crippen molar-refractivity contribution in [2.45, 2.75) is 185 Å². The van der Waals surface area contributed by atoms with Crippen LogP contribution in [-0.4, -0.2) is 112 Å². The lowest BCUT2D eigenvalue weighted by Crippen LogP contribution is -2.37. The molecule has 2 aliphatic carbocycles. The van der Waals surface area contributed by atoms with E-state index >= 15 is 0 Å². The van der Waals surface area contributed by atoms with Crippen molar-refractivity contribution in [3.63, 3.8) is 0 Å². The highest BCUT2D eigenvalue weighted by Gasteiger charge is 2.62. The molecule has 6 aliphatic rings. The van der Waals surface area contributed by atoms with Crippen LogP contribution in [0.1, 0.15) is 149 Å². The van der Waals surface area contributed by atoms with E-state index in [0.29, 0.717) is 19.6 Å². The predicted octanol–water partition coefficient (Wildman–Crippen LogP) is 7.33. The van der Waals surface area contributed by atoms with Gasteiger partial charge in [-0.15, -0.1) is 0 Å². The van der Waals surface area contributed by atoms with Crippen LogP contribution in [-0.2, 0) is 38.0 Å². The van der Waals surface area contributed by atoms with Crippen molar-refractivity contribution in [1.82, 2.24) is 21.3 Å². The highest BCUT2D eigenvalue weighted by molar-refractivity contribution is 5.76. The van der Waals surface area contributed by atoms with Gasteiger partial charge in [0.25, 0.3) is 0 Å². The molecule has 0 aromatic carbocycles. The number of esters is 2. The van der Waals surface area contributed by atoms with Crippen LogP contribution in [0.15, 0.2) is 23.3 Å². The Morgan fingerprint density at radius 1 is 0.597 bits per heavy atom. The van der Waals surface area contributed by atoms with E-state index in [2.05, 4.69) is 54.2 Å². The number of amides is 2. The smallest absolute Gasteiger partial charge is 0.407 e. The molecule has 3 unspecified atom stereocenters. The van der Waals surface area contributed by atoms with Crippen molar-refractivity contribution < 1.29 is 47.6 Å². The van der Waals surface area contributed by atoms with Crippen LogP contribution >= 0.6 is 0 Å². The van der Waals surface area contributed by atoms with Crippen LogP contribution in [0, 0.1) is 17.8 Å². The maximum absolute atomic E-state index is 13.2. The summed E-state index contributed by atoms with van der Waals surface area (Å²) in [6, 6.07) is 0. The number of carbonyl (C=O) groups excluding carboxylic acids is 4. The minimum atomic E-state index is -0.400. The number of carbonyl (C=O) groups is 4. The number of rotatable bonds is 0. The van der Waals surface area contributed by atoms with E-state index in [9.17, 15) is 19.2 Å².